The molecule has 28 heavy (non-hydrogen) atoms. The number of aromatic nitrogens is 2. The van der Waals surface area contributed by atoms with Crippen molar-refractivity contribution in [2.75, 3.05) is 18.1 Å². The molecule has 3 aromatic rings. The van der Waals surface area contributed by atoms with Crippen LogP contribution in [-0.2, 0) is 16.1 Å². The quantitative estimate of drug-likeness (QED) is 0.712. The summed E-state index contributed by atoms with van der Waals surface area (Å²) in [5, 5.41) is 9.33. The maximum absolute atomic E-state index is 12.7. The van der Waals surface area contributed by atoms with Crippen molar-refractivity contribution in [2.24, 2.45) is 0 Å². The number of imidazole rings is 1. The van der Waals surface area contributed by atoms with Gasteiger partial charge in [0.15, 0.2) is 0 Å². The van der Waals surface area contributed by atoms with Crippen LogP contribution in [0.4, 0.5) is 5.69 Å². The van der Waals surface area contributed by atoms with E-state index in [1.807, 2.05) is 55.5 Å². The van der Waals surface area contributed by atoms with Gasteiger partial charge in [-0.15, -0.1) is 0 Å². The molecule has 2 aromatic carbocycles. The number of benzene rings is 2. The zero-order valence-corrected chi connectivity index (χ0v) is 15.5. The second kappa shape index (κ2) is 7.34. The van der Waals surface area contributed by atoms with E-state index in [9.17, 15) is 14.7 Å². The van der Waals surface area contributed by atoms with Gasteiger partial charge >= 0.3 is 5.97 Å². The van der Waals surface area contributed by atoms with E-state index in [1.165, 1.54) is 0 Å². The fourth-order valence-corrected chi connectivity index (χ4v) is 3.73. The maximum atomic E-state index is 12.7. The number of carbonyl (C=O) groups is 2. The average Bonchev–Trinajstić information content (AvgIpc) is 3.23. The van der Waals surface area contributed by atoms with Gasteiger partial charge < -0.3 is 19.3 Å². The molecule has 144 valence electrons. The molecule has 1 atom stereocenters. The Balaban J connectivity index is 1.64. The van der Waals surface area contributed by atoms with Crippen LogP contribution >= 0.6 is 0 Å². The van der Waals surface area contributed by atoms with Gasteiger partial charge in [-0.3, -0.25) is 9.59 Å². The highest BCUT2D eigenvalue weighted by molar-refractivity contribution is 5.96. The van der Waals surface area contributed by atoms with Crippen LogP contribution in [0, 0.1) is 0 Å². The number of fused-ring (bicyclic) bond motifs is 1. The minimum atomic E-state index is -0.933. The number of rotatable bonds is 6. The fourth-order valence-electron chi connectivity index (χ4n) is 3.73. The monoisotopic (exact) mass is 379 g/mol. The Kier molecular flexibility index (Phi) is 4.73. The van der Waals surface area contributed by atoms with Crippen LogP contribution in [0.5, 0.6) is 5.75 Å². The predicted molar refractivity (Wildman–Crippen MR) is 105 cm³/mol. The van der Waals surface area contributed by atoms with Crippen molar-refractivity contribution in [1.29, 1.82) is 0 Å². The zero-order valence-electron chi connectivity index (χ0n) is 15.5. The lowest BCUT2D eigenvalue weighted by Crippen LogP contribution is -2.24. The summed E-state index contributed by atoms with van der Waals surface area (Å²) in [7, 11) is 0. The fraction of sp³-hybridized carbons (Fsp3) is 0.286. The lowest BCUT2D eigenvalue weighted by atomic mass is 10.1. The SMILES string of the molecule is CCOc1ccc(N2CC(c3nc4ccccc4n3CC(=O)O)CC2=O)cc1. The van der Waals surface area contributed by atoms with E-state index < -0.39 is 5.97 Å². The molecule has 4 rings (SSSR count). The second-order valence-corrected chi connectivity index (χ2v) is 6.77. The summed E-state index contributed by atoms with van der Waals surface area (Å²) in [6.45, 7) is 2.80. The summed E-state index contributed by atoms with van der Waals surface area (Å²) in [5.41, 5.74) is 2.31. The number of amides is 1. The van der Waals surface area contributed by atoms with E-state index in [2.05, 4.69) is 4.98 Å². The van der Waals surface area contributed by atoms with E-state index in [0.717, 1.165) is 22.5 Å². The number of nitrogens with zero attached hydrogens (tertiary/aromatic N) is 3. The Hall–Kier alpha value is -3.35. The number of carboxylic acid groups (broad SMARTS) is 1. The van der Waals surface area contributed by atoms with Gasteiger partial charge in [-0.05, 0) is 43.3 Å². The standard InChI is InChI=1S/C21H21N3O4/c1-2-28-16-9-7-15(8-10-16)23-12-14(11-19(23)25)21-22-17-5-3-4-6-18(17)24(21)13-20(26)27/h3-10,14H,2,11-13H2,1H3,(H,26,27). The van der Waals surface area contributed by atoms with Crippen LogP contribution in [0.15, 0.2) is 48.5 Å². The average molecular weight is 379 g/mol. The zero-order chi connectivity index (χ0) is 19.7. The number of hydrogen-bond acceptors (Lipinski definition) is 4. The molecule has 1 unspecified atom stereocenters. The molecule has 0 saturated carbocycles. The van der Waals surface area contributed by atoms with E-state index in [0.29, 0.717) is 25.4 Å². The van der Waals surface area contributed by atoms with Crippen LogP contribution in [0.3, 0.4) is 0 Å². The Labute approximate surface area is 162 Å². The summed E-state index contributed by atoms with van der Waals surface area (Å²) in [6, 6.07) is 14.9. The highest BCUT2D eigenvalue weighted by atomic mass is 16.5. The molecule has 1 N–H and O–H groups in total. The first kappa shape index (κ1) is 18.0. The molecular weight excluding hydrogens is 358 g/mol. The third-order valence-corrected chi connectivity index (χ3v) is 4.93. The lowest BCUT2D eigenvalue weighted by Gasteiger charge is -2.17. The molecule has 1 amide bonds. The van der Waals surface area contributed by atoms with Crippen molar-refractivity contribution in [2.45, 2.75) is 25.8 Å². The molecule has 1 fully saturated rings. The van der Waals surface area contributed by atoms with E-state index in [4.69, 9.17) is 4.74 Å². The first-order valence-corrected chi connectivity index (χ1v) is 9.27. The molecule has 7 nitrogen and oxygen atoms in total. The molecule has 0 aliphatic carbocycles. The van der Waals surface area contributed by atoms with Crippen molar-refractivity contribution in [1.82, 2.24) is 9.55 Å². The number of para-hydroxylation sites is 2. The third-order valence-electron chi connectivity index (χ3n) is 4.93. The van der Waals surface area contributed by atoms with Gasteiger partial charge in [0.05, 0.1) is 17.6 Å². The molecule has 0 radical (unpaired) electrons. The number of aliphatic carboxylic acids is 1. The molecule has 1 saturated heterocycles. The van der Waals surface area contributed by atoms with Gasteiger partial charge in [-0.25, -0.2) is 4.98 Å². The van der Waals surface area contributed by atoms with Crippen molar-refractivity contribution in [3.05, 3.63) is 54.4 Å². The first-order chi connectivity index (χ1) is 13.6. The summed E-state index contributed by atoms with van der Waals surface area (Å²) in [4.78, 5) is 30.4. The first-order valence-electron chi connectivity index (χ1n) is 9.27. The van der Waals surface area contributed by atoms with E-state index in [-0.39, 0.29) is 18.4 Å². The normalized spacial score (nSPS) is 16.7. The Morgan fingerprint density at radius 1 is 1.21 bits per heavy atom. The number of hydrogen-bond donors (Lipinski definition) is 1. The molecule has 0 bridgehead atoms. The van der Waals surface area contributed by atoms with Crippen LogP contribution in [0.1, 0.15) is 25.1 Å². The molecule has 2 heterocycles. The van der Waals surface area contributed by atoms with Gasteiger partial charge in [0.1, 0.15) is 18.1 Å². The van der Waals surface area contributed by atoms with Gasteiger partial charge in [0.25, 0.3) is 0 Å². The number of ether oxygens (including phenoxy) is 1. The van der Waals surface area contributed by atoms with Gasteiger partial charge in [0.2, 0.25) is 5.91 Å². The maximum Gasteiger partial charge on any atom is 0.323 e. The van der Waals surface area contributed by atoms with Crippen molar-refractivity contribution >= 4 is 28.6 Å². The highest BCUT2D eigenvalue weighted by Gasteiger charge is 2.35. The van der Waals surface area contributed by atoms with Crippen LogP contribution < -0.4 is 9.64 Å². The minimum absolute atomic E-state index is 0.00286. The molecule has 1 aliphatic rings. The predicted octanol–water partition coefficient (Wildman–Crippen LogP) is 3.04. The second-order valence-electron chi connectivity index (χ2n) is 6.77. The molecule has 1 aromatic heterocycles. The number of anilines is 1. The van der Waals surface area contributed by atoms with Gasteiger partial charge in [0, 0.05) is 24.6 Å². The molecule has 7 heteroatoms. The van der Waals surface area contributed by atoms with Crippen molar-refractivity contribution < 1.29 is 19.4 Å². The van der Waals surface area contributed by atoms with E-state index in [1.54, 1.807) is 9.47 Å². The van der Waals surface area contributed by atoms with Crippen molar-refractivity contribution in [3.63, 3.8) is 0 Å². The Bertz CT molecular complexity index is 1030. The van der Waals surface area contributed by atoms with Crippen molar-refractivity contribution in [3.8, 4) is 5.75 Å². The van der Waals surface area contributed by atoms with E-state index >= 15 is 0 Å². The summed E-state index contributed by atoms with van der Waals surface area (Å²) >= 11 is 0. The largest absolute Gasteiger partial charge is 0.494 e. The summed E-state index contributed by atoms with van der Waals surface area (Å²) < 4.78 is 7.16. The molecular formula is C21H21N3O4. The Morgan fingerprint density at radius 2 is 1.96 bits per heavy atom. The molecule has 0 spiro atoms. The smallest absolute Gasteiger partial charge is 0.323 e. The topological polar surface area (TPSA) is 84.7 Å². The lowest BCUT2D eigenvalue weighted by molar-refractivity contribution is -0.137. The highest BCUT2D eigenvalue weighted by Crippen LogP contribution is 2.33. The van der Waals surface area contributed by atoms with Gasteiger partial charge in [-0.1, -0.05) is 12.1 Å². The summed E-state index contributed by atoms with van der Waals surface area (Å²) in [5.74, 6) is 0.314. The van der Waals surface area contributed by atoms with Gasteiger partial charge in [-0.2, -0.15) is 0 Å². The third kappa shape index (κ3) is 3.31. The van der Waals surface area contributed by atoms with Crippen LogP contribution in [-0.4, -0.2) is 39.7 Å². The number of carboxylic acids is 1. The van der Waals surface area contributed by atoms with Crippen LogP contribution in [0.2, 0.25) is 0 Å². The minimum Gasteiger partial charge on any atom is -0.494 e. The molecule has 1 aliphatic heterocycles. The summed E-state index contributed by atoms with van der Waals surface area (Å²) in [6.07, 6.45) is 0.302. The van der Waals surface area contributed by atoms with Crippen LogP contribution in [0.25, 0.3) is 11.0 Å². The number of carbonyl (C=O) groups excluding carboxylic acids is 1. The Morgan fingerprint density at radius 3 is 2.68 bits per heavy atom.